The summed E-state index contributed by atoms with van der Waals surface area (Å²) in [4.78, 5) is 11.8. The molecule has 1 N–H and O–H groups in total. The van der Waals surface area contributed by atoms with E-state index in [1.54, 1.807) is 11.3 Å². The van der Waals surface area contributed by atoms with Gasteiger partial charge in [0.1, 0.15) is 11.5 Å². The van der Waals surface area contributed by atoms with Crippen molar-refractivity contribution in [3.63, 3.8) is 0 Å². The second kappa shape index (κ2) is 5.59. The number of amides is 1. The number of hydrogen-bond acceptors (Lipinski definition) is 4. The summed E-state index contributed by atoms with van der Waals surface area (Å²) in [5, 5.41) is 6.94. The molecule has 100 valence electrons. The van der Waals surface area contributed by atoms with Gasteiger partial charge in [-0.3, -0.25) is 4.79 Å². The lowest BCUT2D eigenvalue weighted by atomic mass is 10.1. The molecule has 1 saturated heterocycles. The van der Waals surface area contributed by atoms with Gasteiger partial charge in [0.2, 0.25) is 5.91 Å². The number of carbonyl (C=O) groups is 1. The molecule has 0 radical (unpaired) electrons. The Hall–Kier alpha value is -1.59. The van der Waals surface area contributed by atoms with Gasteiger partial charge in [-0.2, -0.15) is 11.3 Å². The zero-order valence-corrected chi connectivity index (χ0v) is 11.2. The van der Waals surface area contributed by atoms with Crippen LogP contribution in [0.15, 0.2) is 33.4 Å². The fourth-order valence-corrected chi connectivity index (χ4v) is 2.74. The van der Waals surface area contributed by atoms with E-state index in [-0.39, 0.29) is 11.8 Å². The van der Waals surface area contributed by atoms with Gasteiger partial charge in [0.15, 0.2) is 0 Å². The van der Waals surface area contributed by atoms with E-state index >= 15 is 0 Å². The molecule has 0 aliphatic carbocycles. The number of carbonyl (C=O) groups excluding carboxylic acids is 1. The topological polar surface area (TPSA) is 51.5 Å². The third-order valence-corrected chi connectivity index (χ3v) is 3.89. The fourth-order valence-electron chi connectivity index (χ4n) is 2.09. The summed E-state index contributed by atoms with van der Waals surface area (Å²) in [6.45, 7) is 1.64. The molecular formula is C14H15NO3S. The highest BCUT2D eigenvalue weighted by Gasteiger charge is 2.23. The molecule has 1 unspecified atom stereocenters. The van der Waals surface area contributed by atoms with Crippen LogP contribution in [0.2, 0.25) is 0 Å². The molecule has 1 atom stereocenters. The van der Waals surface area contributed by atoms with Crippen LogP contribution in [0.3, 0.4) is 0 Å². The fraction of sp³-hybridized carbons (Fsp3) is 0.357. The van der Waals surface area contributed by atoms with Crippen LogP contribution in [0, 0.1) is 5.92 Å². The molecule has 1 aliphatic heterocycles. The normalized spacial score (nSPS) is 18.6. The van der Waals surface area contributed by atoms with Crippen molar-refractivity contribution in [1.82, 2.24) is 5.32 Å². The van der Waals surface area contributed by atoms with E-state index in [9.17, 15) is 4.79 Å². The highest BCUT2D eigenvalue weighted by molar-refractivity contribution is 7.08. The van der Waals surface area contributed by atoms with Crippen LogP contribution in [-0.2, 0) is 16.1 Å². The molecule has 1 fully saturated rings. The zero-order chi connectivity index (χ0) is 13.1. The Kier molecular flexibility index (Phi) is 3.66. The zero-order valence-electron chi connectivity index (χ0n) is 10.4. The summed E-state index contributed by atoms with van der Waals surface area (Å²) in [5.41, 5.74) is 1.08. The van der Waals surface area contributed by atoms with Crippen LogP contribution in [-0.4, -0.2) is 19.1 Å². The number of thiophene rings is 1. The summed E-state index contributed by atoms with van der Waals surface area (Å²) in [5.74, 6) is 1.65. The van der Waals surface area contributed by atoms with Crippen molar-refractivity contribution in [2.75, 3.05) is 13.2 Å². The van der Waals surface area contributed by atoms with Crippen molar-refractivity contribution in [2.45, 2.75) is 13.0 Å². The van der Waals surface area contributed by atoms with Crippen LogP contribution >= 0.6 is 11.3 Å². The van der Waals surface area contributed by atoms with E-state index in [1.807, 2.05) is 29.0 Å². The number of hydrogen-bond donors (Lipinski definition) is 1. The lowest BCUT2D eigenvalue weighted by Gasteiger charge is -2.07. The number of nitrogens with one attached hydrogen (secondary N) is 1. The smallest absolute Gasteiger partial charge is 0.225 e. The number of rotatable bonds is 4. The van der Waals surface area contributed by atoms with Gasteiger partial charge in [-0.25, -0.2) is 0 Å². The van der Waals surface area contributed by atoms with Crippen LogP contribution in [0.4, 0.5) is 0 Å². The summed E-state index contributed by atoms with van der Waals surface area (Å²) < 4.78 is 10.9. The number of ether oxygens (including phenoxy) is 1. The maximum absolute atomic E-state index is 11.8. The predicted molar refractivity (Wildman–Crippen MR) is 72.8 cm³/mol. The standard InChI is InChI=1S/C14H15NO3S/c16-14(10-3-5-17-8-10)15-7-12-1-2-13(18-12)11-4-6-19-9-11/h1-2,4,6,9-10H,3,5,7-8H2,(H,15,16). The van der Waals surface area contributed by atoms with Crippen LogP contribution < -0.4 is 5.32 Å². The van der Waals surface area contributed by atoms with Gasteiger partial charge in [0.25, 0.3) is 0 Å². The van der Waals surface area contributed by atoms with Crippen molar-refractivity contribution in [2.24, 2.45) is 5.92 Å². The van der Waals surface area contributed by atoms with Crippen LogP contribution in [0.5, 0.6) is 0 Å². The maximum Gasteiger partial charge on any atom is 0.225 e. The lowest BCUT2D eigenvalue weighted by Crippen LogP contribution is -2.30. The predicted octanol–water partition coefficient (Wildman–Crippen LogP) is 2.66. The SMILES string of the molecule is O=C(NCc1ccc(-c2ccsc2)o1)C1CCOC1. The summed E-state index contributed by atoms with van der Waals surface area (Å²) in [7, 11) is 0. The molecule has 1 amide bonds. The van der Waals surface area contributed by atoms with Gasteiger partial charge in [0.05, 0.1) is 19.1 Å². The molecule has 0 bridgehead atoms. The van der Waals surface area contributed by atoms with Crippen molar-refractivity contribution in [3.8, 4) is 11.3 Å². The first kappa shape index (κ1) is 12.4. The van der Waals surface area contributed by atoms with Gasteiger partial charge in [-0.1, -0.05) is 0 Å². The first-order chi connectivity index (χ1) is 9.33. The molecule has 19 heavy (non-hydrogen) atoms. The molecule has 3 rings (SSSR count). The first-order valence-corrected chi connectivity index (χ1v) is 7.24. The first-order valence-electron chi connectivity index (χ1n) is 6.29. The molecule has 4 nitrogen and oxygen atoms in total. The van der Waals surface area contributed by atoms with E-state index in [0.29, 0.717) is 19.8 Å². The van der Waals surface area contributed by atoms with Gasteiger partial charge in [-0.15, -0.1) is 0 Å². The molecule has 0 spiro atoms. The summed E-state index contributed by atoms with van der Waals surface area (Å²) in [6.07, 6.45) is 0.810. The quantitative estimate of drug-likeness (QED) is 0.934. The van der Waals surface area contributed by atoms with Gasteiger partial charge in [-0.05, 0) is 30.0 Å². The maximum atomic E-state index is 11.8. The minimum absolute atomic E-state index is 0.00805. The average Bonchev–Trinajstić information content (AvgIpc) is 3.14. The van der Waals surface area contributed by atoms with Crippen LogP contribution in [0.1, 0.15) is 12.2 Å². The van der Waals surface area contributed by atoms with E-state index in [2.05, 4.69) is 5.32 Å². The van der Waals surface area contributed by atoms with E-state index in [1.165, 1.54) is 0 Å². The van der Waals surface area contributed by atoms with Gasteiger partial charge in [0, 0.05) is 17.6 Å². The summed E-state index contributed by atoms with van der Waals surface area (Å²) in [6, 6.07) is 5.85. The Morgan fingerprint density at radius 1 is 1.42 bits per heavy atom. The highest BCUT2D eigenvalue weighted by Crippen LogP contribution is 2.24. The molecule has 2 aromatic rings. The monoisotopic (exact) mass is 277 g/mol. The van der Waals surface area contributed by atoms with E-state index < -0.39 is 0 Å². The van der Waals surface area contributed by atoms with Crippen molar-refractivity contribution < 1.29 is 13.9 Å². The van der Waals surface area contributed by atoms with Gasteiger partial charge < -0.3 is 14.5 Å². The molecule has 5 heteroatoms. The van der Waals surface area contributed by atoms with E-state index in [0.717, 1.165) is 23.5 Å². The third kappa shape index (κ3) is 2.88. The average molecular weight is 277 g/mol. The molecule has 2 aromatic heterocycles. The Morgan fingerprint density at radius 2 is 2.37 bits per heavy atom. The Morgan fingerprint density at radius 3 is 3.11 bits per heavy atom. The summed E-state index contributed by atoms with van der Waals surface area (Å²) >= 11 is 1.64. The lowest BCUT2D eigenvalue weighted by molar-refractivity contribution is -0.125. The Labute approximate surface area is 115 Å². The minimum atomic E-state index is -0.00805. The van der Waals surface area contributed by atoms with Crippen molar-refractivity contribution in [1.29, 1.82) is 0 Å². The molecule has 0 aromatic carbocycles. The minimum Gasteiger partial charge on any atom is -0.459 e. The van der Waals surface area contributed by atoms with E-state index in [4.69, 9.17) is 9.15 Å². The molecule has 3 heterocycles. The highest BCUT2D eigenvalue weighted by atomic mass is 32.1. The van der Waals surface area contributed by atoms with Crippen molar-refractivity contribution in [3.05, 3.63) is 34.7 Å². The molecular weight excluding hydrogens is 262 g/mol. The Bertz CT molecular complexity index is 541. The number of furan rings is 1. The second-order valence-electron chi connectivity index (χ2n) is 4.56. The largest absolute Gasteiger partial charge is 0.459 e. The van der Waals surface area contributed by atoms with Crippen LogP contribution in [0.25, 0.3) is 11.3 Å². The molecule has 1 aliphatic rings. The third-order valence-electron chi connectivity index (χ3n) is 3.20. The molecule has 0 saturated carbocycles. The van der Waals surface area contributed by atoms with Gasteiger partial charge >= 0.3 is 0 Å². The van der Waals surface area contributed by atoms with Crippen molar-refractivity contribution >= 4 is 17.2 Å². The second-order valence-corrected chi connectivity index (χ2v) is 5.34. The Balaban J connectivity index is 1.57.